The van der Waals surface area contributed by atoms with E-state index in [1.165, 1.54) is 17.8 Å². The molecule has 3 aromatic rings. The van der Waals surface area contributed by atoms with E-state index in [9.17, 15) is 8.78 Å². The van der Waals surface area contributed by atoms with E-state index in [-0.39, 0.29) is 11.6 Å². The maximum atomic E-state index is 13.9. The third-order valence-electron chi connectivity index (χ3n) is 4.63. The summed E-state index contributed by atoms with van der Waals surface area (Å²) in [5, 5.41) is 6.11. The lowest BCUT2D eigenvalue weighted by Crippen LogP contribution is -2.21. The number of benzene rings is 2. The van der Waals surface area contributed by atoms with Gasteiger partial charge in [0.2, 0.25) is 5.95 Å². The van der Waals surface area contributed by atoms with E-state index < -0.39 is 11.6 Å². The average molecular weight is 397 g/mol. The molecule has 7 heteroatoms. The van der Waals surface area contributed by atoms with Gasteiger partial charge in [-0.2, -0.15) is 4.98 Å². The molecule has 0 aliphatic carbocycles. The molecule has 3 rings (SSSR count). The lowest BCUT2D eigenvalue weighted by atomic mass is 10.1. The second kappa shape index (κ2) is 8.86. The summed E-state index contributed by atoms with van der Waals surface area (Å²) >= 11 is 0. The fourth-order valence-electron chi connectivity index (χ4n) is 3.11. The van der Waals surface area contributed by atoms with Crippen LogP contribution in [0.1, 0.15) is 25.1 Å². The molecule has 1 heterocycles. The molecule has 5 nitrogen and oxygen atoms in total. The van der Waals surface area contributed by atoms with Crippen molar-refractivity contribution < 1.29 is 8.78 Å². The molecular formula is C22H25F2N5. The van der Waals surface area contributed by atoms with Crippen molar-refractivity contribution in [2.45, 2.75) is 27.7 Å². The minimum absolute atomic E-state index is 0.114. The predicted octanol–water partition coefficient (Wildman–Crippen LogP) is 5.71. The lowest BCUT2D eigenvalue weighted by Gasteiger charge is -2.22. The minimum atomic E-state index is -0.701. The summed E-state index contributed by atoms with van der Waals surface area (Å²) in [5.41, 5.74) is 4.02. The summed E-state index contributed by atoms with van der Waals surface area (Å²) in [4.78, 5) is 11.0. The summed E-state index contributed by atoms with van der Waals surface area (Å²) in [7, 11) is 0. The molecule has 2 aromatic carbocycles. The van der Waals surface area contributed by atoms with Crippen LogP contribution in [0.5, 0.6) is 0 Å². The first-order chi connectivity index (χ1) is 13.9. The number of nitrogens with one attached hydrogen (secondary N) is 2. The van der Waals surface area contributed by atoms with Crippen LogP contribution in [-0.2, 0) is 0 Å². The van der Waals surface area contributed by atoms with E-state index in [0.29, 0.717) is 11.5 Å². The smallest absolute Gasteiger partial charge is 0.229 e. The molecule has 1 aromatic heterocycles. The van der Waals surface area contributed by atoms with E-state index in [1.807, 2.05) is 26.0 Å². The first-order valence-electron chi connectivity index (χ1n) is 9.60. The van der Waals surface area contributed by atoms with Crippen molar-refractivity contribution >= 4 is 28.8 Å². The molecule has 0 amide bonds. The van der Waals surface area contributed by atoms with Crippen LogP contribution < -0.4 is 15.5 Å². The van der Waals surface area contributed by atoms with Gasteiger partial charge in [0.25, 0.3) is 0 Å². The molecule has 0 spiro atoms. The SMILES string of the molecule is CCN(CC)c1ccc(Nc2cc(C)nc(Nc3ccc(F)cc3F)n2)c(C)c1. The molecule has 0 atom stereocenters. The maximum Gasteiger partial charge on any atom is 0.229 e. The van der Waals surface area contributed by atoms with Crippen molar-refractivity contribution in [3.05, 3.63) is 65.4 Å². The Hall–Kier alpha value is -3.22. The monoisotopic (exact) mass is 397 g/mol. The van der Waals surface area contributed by atoms with Gasteiger partial charge in [0.05, 0.1) is 5.69 Å². The number of anilines is 5. The highest BCUT2D eigenvalue weighted by Gasteiger charge is 2.10. The van der Waals surface area contributed by atoms with E-state index in [4.69, 9.17) is 0 Å². The molecule has 29 heavy (non-hydrogen) atoms. The van der Waals surface area contributed by atoms with Gasteiger partial charge in [-0.1, -0.05) is 0 Å². The second-order valence-corrected chi connectivity index (χ2v) is 6.76. The Balaban J connectivity index is 1.83. The molecule has 0 fully saturated rings. The zero-order valence-corrected chi connectivity index (χ0v) is 17.1. The predicted molar refractivity (Wildman–Crippen MR) is 114 cm³/mol. The largest absolute Gasteiger partial charge is 0.372 e. The van der Waals surface area contributed by atoms with Crippen LogP contribution in [0.3, 0.4) is 0 Å². The number of aryl methyl sites for hydroxylation is 2. The highest BCUT2D eigenvalue weighted by molar-refractivity contribution is 5.66. The Kier molecular flexibility index (Phi) is 6.26. The van der Waals surface area contributed by atoms with Gasteiger partial charge in [-0.25, -0.2) is 13.8 Å². The van der Waals surface area contributed by atoms with E-state index >= 15 is 0 Å². The number of hydrogen-bond donors (Lipinski definition) is 2. The summed E-state index contributed by atoms with van der Waals surface area (Å²) in [6, 6.07) is 11.4. The Labute approximate surface area is 169 Å². The molecular weight excluding hydrogens is 372 g/mol. The fraction of sp³-hybridized carbons (Fsp3) is 0.273. The Morgan fingerprint density at radius 3 is 2.24 bits per heavy atom. The Morgan fingerprint density at radius 1 is 0.862 bits per heavy atom. The van der Waals surface area contributed by atoms with Crippen molar-refractivity contribution in [3.8, 4) is 0 Å². The van der Waals surface area contributed by atoms with Gasteiger partial charge in [0, 0.05) is 42.3 Å². The topological polar surface area (TPSA) is 53.1 Å². The number of hydrogen-bond acceptors (Lipinski definition) is 5. The van der Waals surface area contributed by atoms with Gasteiger partial charge >= 0.3 is 0 Å². The number of nitrogens with zero attached hydrogens (tertiary/aromatic N) is 3. The standard InChI is InChI=1S/C22H25F2N5/c1-5-29(6-2)17-8-10-19(14(3)11-17)26-21-12-15(4)25-22(28-21)27-20-9-7-16(23)13-18(20)24/h7-13H,5-6H2,1-4H3,(H2,25,26,27,28). The van der Waals surface area contributed by atoms with Crippen molar-refractivity contribution in [1.29, 1.82) is 0 Å². The van der Waals surface area contributed by atoms with Crippen LogP contribution in [-0.4, -0.2) is 23.1 Å². The third kappa shape index (κ3) is 4.99. The van der Waals surface area contributed by atoms with Crippen molar-refractivity contribution in [3.63, 3.8) is 0 Å². The van der Waals surface area contributed by atoms with Crippen LogP contribution >= 0.6 is 0 Å². The first kappa shape index (κ1) is 20.5. The molecule has 0 bridgehead atoms. The van der Waals surface area contributed by atoms with Crippen LogP contribution in [0, 0.1) is 25.5 Å². The molecule has 0 radical (unpaired) electrons. The van der Waals surface area contributed by atoms with Crippen molar-refractivity contribution in [2.24, 2.45) is 0 Å². The number of halogens is 2. The maximum absolute atomic E-state index is 13.9. The minimum Gasteiger partial charge on any atom is -0.372 e. The van der Waals surface area contributed by atoms with Gasteiger partial charge in [0.15, 0.2) is 0 Å². The van der Waals surface area contributed by atoms with Gasteiger partial charge in [-0.05, 0) is 63.6 Å². The highest BCUT2D eigenvalue weighted by Crippen LogP contribution is 2.26. The van der Waals surface area contributed by atoms with Crippen LogP contribution in [0.15, 0.2) is 42.5 Å². The van der Waals surface area contributed by atoms with Gasteiger partial charge in [0.1, 0.15) is 17.5 Å². The summed E-state index contributed by atoms with van der Waals surface area (Å²) in [6.07, 6.45) is 0. The van der Waals surface area contributed by atoms with Crippen LogP contribution in [0.25, 0.3) is 0 Å². The van der Waals surface area contributed by atoms with Crippen molar-refractivity contribution in [2.75, 3.05) is 28.6 Å². The fourth-order valence-corrected chi connectivity index (χ4v) is 3.11. The van der Waals surface area contributed by atoms with E-state index in [0.717, 1.165) is 30.4 Å². The summed E-state index contributed by atoms with van der Waals surface area (Å²) in [6.45, 7) is 10.0. The Morgan fingerprint density at radius 2 is 1.59 bits per heavy atom. The zero-order chi connectivity index (χ0) is 21.0. The van der Waals surface area contributed by atoms with Crippen LogP contribution in [0.4, 0.5) is 37.6 Å². The average Bonchev–Trinajstić information content (AvgIpc) is 2.67. The third-order valence-corrected chi connectivity index (χ3v) is 4.63. The lowest BCUT2D eigenvalue weighted by molar-refractivity contribution is 0.586. The quantitative estimate of drug-likeness (QED) is 0.535. The van der Waals surface area contributed by atoms with E-state index in [1.54, 1.807) is 0 Å². The van der Waals surface area contributed by atoms with E-state index in [2.05, 4.69) is 51.5 Å². The normalized spacial score (nSPS) is 10.7. The molecule has 152 valence electrons. The summed E-state index contributed by atoms with van der Waals surface area (Å²) in [5.74, 6) is -0.520. The molecule has 0 saturated heterocycles. The second-order valence-electron chi connectivity index (χ2n) is 6.76. The zero-order valence-electron chi connectivity index (χ0n) is 17.1. The molecule has 0 saturated carbocycles. The Bertz CT molecular complexity index is 1000. The van der Waals surface area contributed by atoms with Gasteiger partial charge in [-0.15, -0.1) is 0 Å². The van der Waals surface area contributed by atoms with Gasteiger partial charge < -0.3 is 15.5 Å². The summed E-state index contributed by atoms with van der Waals surface area (Å²) < 4.78 is 27.0. The van der Waals surface area contributed by atoms with Crippen LogP contribution in [0.2, 0.25) is 0 Å². The molecule has 0 unspecified atom stereocenters. The number of aromatic nitrogens is 2. The van der Waals surface area contributed by atoms with Gasteiger partial charge in [-0.3, -0.25) is 0 Å². The molecule has 0 aliphatic heterocycles. The highest BCUT2D eigenvalue weighted by atomic mass is 19.1. The number of rotatable bonds is 7. The van der Waals surface area contributed by atoms with Crippen molar-refractivity contribution in [1.82, 2.24) is 9.97 Å². The molecule has 2 N–H and O–H groups in total. The first-order valence-corrected chi connectivity index (χ1v) is 9.60. The molecule has 0 aliphatic rings.